The summed E-state index contributed by atoms with van der Waals surface area (Å²) in [7, 11) is -1.23. The van der Waals surface area contributed by atoms with Crippen LogP contribution in [-0.2, 0) is 0 Å². The van der Waals surface area contributed by atoms with E-state index < -0.39 is 16.1 Å². The van der Waals surface area contributed by atoms with E-state index >= 15 is 0 Å². The maximum atomic E-state index is 3.72. The maximum Gasteiger partial charge on any atom is 0.122 e. The van der Waals surface area contributed by atoms with E-state index in [0.29, 0.717) is 0 Å². The molecule has 0 atom stereocenters. The summed E-state index contributed by atoms with van der Waals surface area (Å²) in [5.41, 5.74) is 7.43. The molecule has 0 saturated carbocycles. The molecule has 0 amide bonds. The van der Waals surface area contributed by atoms with Crippen molar-refractivity contribution >= 4 is 26.8 Å². The Morgan fingerprint density at radius 1 is 0.615 bits per heavy atom. The lowest BCUT2D eigenvalue weighted by Gasteiger charge is -2.33. The molecule has 2 aromatic carbocycles. The summed E-state index contributed by atoms with van der Waals surface area (Å²) in [6.07, 6.45) is 0. The largest absolute Gasteiger partial charge is 0.260 e. The summed E-state index contributed by atoms with van der Waals surface area (Å²) >= 11 is 0. The van der Waals surface area contributed by atoms with Crippen molar-refractivity contribution in [2.24, 2.45) is 0 Å². The highest BCUT2D eigenvalue weighted by Crippen LogP contribution is 2.44. The van der Waals surface area contributed by atoms with Crippen LogP contribution in [-0.4, -0.2) is 35.5 Å². The van der Waals surface area contributed by atoms with E-state index in [1.54, 1.807) is 0 Å². The van der Waals surface area contributed by atoms with Crippen LogP contribution in [0.3, 0.4) is 0 Å². The SMILES string of the molecule is CCN(CC)P(C#CP(c1ccccc1)c1ccccc1)N(CC)CC. The Balaban J connectivity index is 2.43. The molecule has 0 spiro atoms. The smallest absolute Gasteiger partial charge is 0.122 e. The van der Waals surface area contributed by atoms with Gasteiger partial charge in [-0.05, 0) is 16.3 Å². The average Bonchev–Trinajstić information content (AvgIpc) is 2.71. The van der Waals surface area contributed by atoms with E-state index in [9.17, 15) is 0 Å². The van der Waals surface area contributed by atoms with Gasteiger partial charge in [-0.15, -0.1) is 0 Å². The highest BCUT2D eigenvalue weighted by atomic mass is 31.1. The fourth-order valence-corrected chi connectivity index (χ4v) is 6.80. The molecule has 0 fully saturated rings. The van der Waals surface area contributed by atoms with Crippen molar-refractivity contribution in [3.05, 3.63) is 60.7 Å². The van der Waals surface area contributed by atoms with E-state index in [1.165, 1.54) is 10.6 Å². The molecule has 0 aliphatic heterocycles. The van der Waals surface area contributed by atoms with Gasteiger partial charge >= 0.3 is 0 Å². The first-order chi connectivity index (χ1) is 12.7. The third-order valence-corrected chi connectivity index (χ3v) is 8.94. The van der Waals surface area contributed by atoms with Crippen molar-refractivity contribution in [3.8, 4) is 11.3 Å². The molecule has 0 saturated heterocycles. The first kappa shape index (κ1) is 21.1. The highest BCUT2D eigenvalue weighted by molar-refractivity contribution is 7.78. The molecule has 26 heavy (non-hydrogen) atoms. The van der Waals surface area contributed by atoms with Gasteiger partial charge in [-0.1, -0.05) is 94.0 Å². The molecule has 0 heterocycles. The van der Waals surface area contributed by atoms with Gasteiger partial charge in [0.15, 0.2) is 0 Å². The summed E-state index contributed by atoms with van der Waals surface area (Å²) in [6, 6.07) is 21.5. The van der Waals surface area contributed by atoms with Crippen molar-refractivity contribution < 1.29 is 0 Å². The molecule has 0 radical (unpaired) electrons. The summed E-state index contributed by atoms with van der Waals surface area (Å²) < 4.78 is 5.03. The van der Waals surface area contributed by atoms with Gasteiger partial charge in [0, 0.05) is 34.1 Å². The lowest BCUT2D eigenvalue weighted by atomic mass is 10.4. The molecule has 0 aliphatic carbocycles. The molecule has 4 heteroatoms. The summed E-state index contributed by atoms with van der Waals surface area (Å²) in [4.78, 5) is 0. The Labute approximate surface area is 162 Å². The van der Waals surface area contributed by atoms with Crippen LogP contribution in [0, 0.1) is 11.3 Å². The minimum Gasteiger partial charge on any atom is -0.260 e. The minimum atomic E-state index is -0.651. The van der Waals surface area contributed by atoms with Crippen LogP contribution in [0.2, 0.25) is 0 Å². The summed E-state index contributed by atoms with van der Waals surface area (Å²) in [5, 5.41) is 2.66. The Morgan fingerprint density at radius 2 is 1.00 bits per heavy atom. The normalized spacial score (nSPS) is 11.2. The lowest BCUT2D eigenvalue weighted by molar-refractivity contribution is 0.431. The van der Waals surface area contributed by atoms with E-state index in [-0.39, 0.29) is 0 Å². The molecule has 2 nitrogen and oxygen atoms in total. The van der Waals surface area contributed by atoms with Crippen molar-refractivity contribution in [1.82, 2.24) is 9.34 Å². The molecule has 138 valence electrons. The van der Waals surface area contributed by atoms with Gasteiger partial charge < -0.3 is 0 Å². The molecular weight excluding hydrogens is 354 g/mol. The zero-order valence-corrected chi connectivity index (χ0v) is 18.2. The first-order valence-electron chi connectivity index (χ1n) is 9.46. The third kappa shape index (κ3) is 5.64. The predicted octanol–water partition coefficient (Wildman–Crippen LogP) is 5.03. The fourth-order valence-electron chi connectivity index (χ4n) is 2.83. The van der Waals surface area contributed by atoms with Gasteiger partial charge in [0.1, 0.15) is 8.22 Å². The molecular formula is C22H30N2P2. The highest BCUT2D eigenvalue weighted by Gasteiger charge is 2.20. The van der Waals surface area contributed by atoms with E-state index in [2.05, 4.69) is 109 Å². The number of benzene rings is 2. The number of nitrogens with zero attached hydrogens (tertiary/aromatic N) is 2. The topological polar surface area (TPSA) is 6.48 Å². The van der Waals surface area contributed by atoms with Crippen LogP contribution in [0.4, 0.5) is 0 Å². The van der Waals surface area contributed by atoms with E-state index in [4.69, 9.17) is 0 Å². The molecule has 0 N–H and O–H groups in total. The Hall–Kier alpha value is -1.22. The average molecular weight is 384 g/mol. The van der Waals surface area contributed by atoms with Crippen molar-refractivity contribution in [2.75, 3.05) is 26.2 Å². The van der Waals surface area contributed by atoms with Gasteiger partial charge in [-0.3, -0.25) is 9.34 Å². The Morgan fingerprint density at radius 3 is 1.35 bits per heavy atom. The van der Waals surface area contributed by atoms with E-state index in [1.807, 2.05) is 0 Å². The third-order valence-electron chi connectivity index (χ3n) is 4.29. The Kier molecular flexibility index (Phi) is 9.31. The van der Waals surface area contributed by atoms with Crippen molar-refractivity contribution in [2.45, 2.75) is 27.7 Å². The molecule has 2 rings (SSSR count). The van der Waals surface area contributed by atoms with Gasteiger partial charge in [0.05, 0.1) is 0 Å². The molecule has 0 aliphatic rings. The number of hydrogen-bond donors (Lipinski definition) is 0. The summed E-state index contributed by atoms with van der Waals surface area (Å²) in [5.74, 6) is 0. The van der Waals surface area contributed by atoms with Crippen LogP contribution in [0.15, 0.2) is 60.7 Å². The fraction of sp³-hybridized carbons (Fsp3) is 0.364. The van der Waals surface area contributed by atoms with Gasteiger partial charge in [-0.2, -0.15) is 0 Å². The molecule has 0 bridgehead atoms. The van der Waals surface area contributed by atoms with E-state index in [0.717, 1.165) is 26.2 Å². The van der Waals surface area contributed by atoms with Gasteiger partial charge in [0.25, 0.3) is 0 Å². The van der Waals surface area contributed by atoms with Crippen LogP contribution in [0.5, 0.6) is 0 Å². The van der Waals surface area contributed by atoms with Crippen LogP contribution in [0.1, 0.15) is 27.7 Å². The quantitative estimate of drug-likeness (QED) is 0.465. The monoisotopic (exact) mass is 384 g/mol. The molecule has 0 aromatic heterocycles. The number of rotatable bonds is 8. The zero-order chi connectivity index (χ0) is 18.8. The van der Waals surface area contributed by atoms with Crippen LogP contribution >= 0.6 is 16.1 Å². The van der Waals surface area contributed by atoms with Gasteiger partial charge in [0.2, 0.25) is 0 Å². The molecule has 0 unspecified atom stereocenters. The lowest BCUT2D eigenvalue weighted by Crippen LogP contribution is -2.28. The maximum absolute atomic E-state index is 3.72. The molecule has 2 aromatic rings. The second-order valence-corrected chi connectivity index (χ2v) is 9.66. The standard InChI is InChI=1S/C22H30N2P2/c1-5-23(6-2)26(24(7-3)8-4)20-19-25(21-15-11-9-12-16-21)22-17-13-10-14-18-22/h9-18H,5-8H2,1-4H3. The van der Waals surface area contributed by atoms with Crippen molar-refractivity contribution in [3.63, 3.8) is 0 Å². The van der Waals surface area contributed by atoms with Crippen LogP contribution < -0.4 is 10.6 Å². The zero-order valence-electron chi connectivity index (χ0n) is 16.4. The minimum absolute atomic E-state index is 0.579. The summed E-state index contributed by atoms with van der Waals surface area (Å²) in [6.45, 7) is 13.1. The second kappa shape index (κ2) is 11.5. The van der Waals surface area contributed by atoms with Crippen LogP contribution in [0.25, 0.3) is 0 Å². The number of hydrogen-bond acceptors (Lipinski definition) is 2. The second-order valence-electron chi connectivity index (χ2n) is 5.80. The predicted molar refractivity (Wildman–Crippen MR) is 120 cm³/mol. The van der Waals surface area contributed by atoms with Gasteiger partial charge in [-0.25, -0.2) is 0 Å². The first-order valence-corrected chi connectivity index (χ1v) is 12.0. The Bertz CT molecular complexity index is 635. The van der Waals surface area contributed by atoms with Crippen molar-refractivity contribution in [1.29, 1.82) is 0 Å².